The maximum Gasteiger partial charge on any atom is 0.119 e. The van der Waals surface area contributed by atoms with Crippen LogP contribution >= 0.6 is 27.5 Å². The Morgan fingerprint density at radius 2 is 2.00 bits per heavy atom. The van der Waals surface area contributed by atoms with Crippen molar-refractivity contribution in [3.05, 3.63) is 64.2 Å². The third-order valence-corrected chi connectivity index (χ3v) is 4.17. The Morgan fingerprint density at radius 1 is 1.21 bits per heavy atom. The van der Waals surface area contributed by atoms with Crippen molar-refractivity contribution in [1.29, 1.82) is 0 Å². The number of rotatable bonds is 4. The molecule has 19 heavy (non-hydrogen) atoms. The van der Waals surface area contributed by atoms with Gasteiger partial charge in [0.15, 0.2) is 0 Å². The molecule has 0 radical (unpaired) electrons. The zero-order chi connectivity index (χ0) is 13.8. The summed E-state index contributed by atoms with van der Waals surface area (Å²) in [5, 5.41) is 0.780. The Morgan fingerprint density at radius 3 is 2.68 bits per heavy atom. The summed E-state index contributed by atoms with van der Waals surface area (Å²) in [5.74, 6) is 0.894. The summed E-state index contributed by atoms with van der Waals surface area (Å²) in [6.07, 6.45) is 0.916. The molecule has 0 aliphatic heterocycles. The van der Waals surface area contributed by atoms with Crippen LogP contribution in [0.5, 0.6) is 5.75 Å². The standard InChI is InChI=1S/C16H16BrClO/c1-11-8-13(18)6-7-15(11)16(17)10-12-4-3-5-14(9-12)19-2/h3-9,16H,10H2,1-2H3. The fourth-order valence-electron chi connectivity index (χ4n) is 2.11. The van der Waals surface area contributed by atoms with Crippen molar-refractivity contribution >= 4 is 27.5 Å². The summed E-state index contributed by atoms with van der Waals surface area (Å²) in [6, 6.07) is 14.2. The Bertz CT molecular complexity index is 568. The Hall–Kier alpha value is -0.990. The van der Waals surface area contributed by atoms with E-state index < -0.39 is 0 Å². The van der Waals surface area contributed by atoms with Crippen LogP contribution in [0.1, 0.15) is 21.5 Å². The smallest absolute Gasteiger partial charge is 0.119 e. The summed E-state index contributed by atoms with van der Waals surface area (Å²) in [5.41, 5.74) is 3.72. The molecule has 2 aromatic carbocycles. The minimum absolute atomic E-state index is 0.275. The number of hydrogen-bond donors (Lipinski definition) is 0. The van der Waals surface area contributed by atoms with E-state index in [9.17, 15) is 0 Å². The number of methoxy groups -OCH3 is 1. The van der Waals surface area contributed by atoms with Gasteiger partial charge in [-0.15, -0.1) is 0 Å². The number of benzene rings is 2. The molecule has 0 spiro atoms. The van der Waals surface area contributed by atoms with E-state index in [-0.39, 0.29) is 4.83 Å². The first-order valence-corrected chi connectivity index (χ1v) is 7.42. The number of halogens is 2. The SMILES string of the molecule is COc1cccc(CC(Br)c2ccc(Cl)cc2C)c1. The molecule has 2 rings (SSSR count). The largest absolute Gasteiger partial charge is 0.497 e. The molecule has 0 amide bonds. The number of aryl methyl sites for hydroxylation is 1. The van der Waals surface area contributed by atoms with Gasteiger partial charge in [0.1, 0.15) is 5.75 Å². The van der Waals surface area contributed by atoms with Gasteiger partial charge in [-0.05, 0) is 54.3 Å². The van der Waals surface area contributed by atoms with E-state index in [1.807, 2.05) is 24.3 Å². The molecular formula is C16H16BrClO. The Labute approximate surface area is 127 Å². The summed E-state index contributed by atoms with van der Waals surface area (Å²) in [7, 11) is 1.69. The molecule has 1 unspecified atom stereocenters. The van der Waals surface area contributed by atoms with Gasteiger partial charge in [0.05, 0.1) is 7.11 Å². The highest BCUT2D eigenvalue weighted by Gasteiger charge is 2.11. The molecule has 0 aliphatic carbocycles. The predicted octanol–water partition coefficient (Wildman–Crippen LogP) is 5.34. The van der Waals surface area contributed by atoms with Crippen LogP contribution in [0.2, 0.25) is 5.02 Å². The lowest BCUT2D eigenvalue weighted by Crippen LogP contribution is -1.98. The number of ether oxygens (including phenoxy) is 1. The van der Waals surface area contributed by atoms with Crippen molar-refractivity contribution in [2.45, 2.75) is 18.2 Å². The highest BCUT2D eigenvalue weighted by atomic mass is 79.9. The Kier molecular flexibility index (Phi) is 4.89. The molecule has 2 aromatic rings. The van der Waals surface area contributed by atoms with E-state index in [4.69, 9.17) is 16.3 Å². The van der Waals surface area contributed by atoms with E-state index in [0.717, 1.165) is 17.2 Å². The third-order valence-electron chi connectivity index (χ3n) is 3.12. The fourth-order valence-corrected chi connectivity index (χ4v) is 3.22. The quantitative estimate of drug-likeness (QED) is 0.684. The number of alkyl halides is 1. The lowest BCUT2D eigenvalue weighted by molar-refractivity contribution is 0.414. The van der Waals surface area contributed by atoms with Crippen molar-refractivity contribution in [2.24, 2.45) is 0 Å². The molecule has 0 aliphatic rings. The first-order chi connectivity index (χ1) is 9.10. The maximum absolute atomic E-state index is 5.99. The second-order valence-corrected chi connectivity index (χ2v) is 6.07. The van der Waals surface area contributed by atoms with Crippen molar-refractivity contribution in [1.82, 2.24) is 0 Å². The average molecular weight is 340 g/mol. The second-order valence-electron chi connectivity index (χ2n) is 4.52. The van der Waals surface area contributed by atoms with E-state index >= 15 is 0 Å². The highest BCUT2D eigenvalue weighted by molar-refractivity contribution is 9.09. The van der Waals surface area contributed by atoms with Gasteiger partial charge < -0.3 is 4.74 Å². The molecule has 0 heterocycles. The van der Waals surface area contributed by atoms with Crippen molar-refractivity contribution in [3.8, 4) is 5.75 Å². The number of hydrogen-bond acceptors (Lipinski definition) is 1. The normalized spacial score (nSPS) is 12.2. The molecule has 1 atom stereocenters. The third kappa shape index (κ3) is 3.74. The Balaban J connectivity index is 2.17. The van der Waals surface area contributed by atoms with Crippen molar-refractivity contribution in [3.63, 3.8) is 0 Å². The van der Waals surface area contributed by atoms with Crippen LogP contribution in [0.25, 0.3) is 0 Å². The average Bonchev–Trinajstić information content (AvgIpc) is 2.38. The van der Waals surface area contributed by atoms with Gasteiger partial charge in [-0.3, -0.25) is 0 Å². The van der Waals surface area contributed by atoms with Gasteiger partial charge in [-0.2, -0.15) is 0 Å². The van der Waals surface area contributed by atoms with Crippen LogP contribution in [-0.2, 0) is 6.42 Å². The molecule has 0 saturated heterocycles. The van der Waals surface area contributed by atoms with Crippen molar-refractivity contribution < 1.29 is 4.74 Å². The van der Waals surface area contributed by atoms with Crippen LogP contribution < -0.4 is 4.74 Å². The van der Waals surface area contributed by atoms with E-state index in [1.54, 1.807) is 7.11 Å². The molecule has 3 heteroatoms. The lowest BCUT2D eigenvalue weighted by atomic mass is 10.0. The topological polar surface area (TPSA) is 9.23 Å². The van der Waals surface area contributed by atoms with Crippen molar-refractivity contribution in [2.75, 3.05) is 7.11 Å². The maximum atomic E-state index is 5.99. The highest BCUT2D eigenvalue weighted by Crippen LogP contribution is 2.31. The van der Waals surface area contributed by atoms with Crippen LogP contribution in [0.4, 0.5) is 0 Å². The minimum Gasteiger partial charge on any atom is -0.497 e. The summed E-state index contributed by atoms with van der Waals surface area (Å²) in [4.78, 5) is 0.275. The zero-order valence-electron chi connectivity index (χ0n) is 11.0. The monoisotopic (exact) mass is 338 g/mol. The van der Waals surface area contributed by atoms with Crippen LogP contribution in [0, 0.1) is 6.92 Å². The van der Waals surface area contributed by atoms with E-state index in [2.05, 4.69) is 41.1 Å². The van der Waals surface area contributed by atoms with Gasteiger partial charge in [0.25, 0.3) is 0 Å². The molecule has 0 bridgehead atoms. The van der Waals surface area contributed by atoms with Gasteiger partial charge in [-0.25, -0.2) is 0 Å². The molecule has 1 nitrogen and oxygen atoms in total. The molecule has 0 saturated carbocycles. The molecule has 0 aromatic heterocycles. The van der Waals surface area contributed by atoms with E-state index in [1.165, 1.54) is 16.7 Å². The first kappa shape index (κ1) is 14.4. The van der Waals surface area contributed by atoms with E-state index in [0.29, 0.717) is 0 Å². The summed E-state index contributed by atoms with van der Waals surface area (Å²) in [6.45, 7) is 2.08. The minimum atomic E-state index is 0.275. The first-order valence-electron chi connectivity index (χ1n) is 6.13. The fraction of sp³-hybridized carbons (Fsp3) is 0.250. The molecular weight excluding hydrogens is 324 g/mol. The predicted molar refractivity (Wildman–Crippen MR) is 84.6 cm³/mol. The van der Waals surface area contributed by atoms with Crippen LogP contribution in [-0.4, -0.2) is 7.11 Å². The zero-order valence-corrected chi connectivity index (χ0v) is 13.3. The van der Waals surface area contributed by atoms with Gasteiger partial charge in [0, 0.05) is 9.85 Å². The summed E-state index contributed by atoms with van der Waals surface area (Å²) >= 11 is 9.75. The summed E-state index contributed by atoms with van der Waals surface area (Å²) < 4.78 is 5.25. The van der Waals surface area contributed by atoms with Gasteiger partial charge in [-0.1, -0.05) is 45.7 Å². The lowest BCUT2D eigenvalue weighted by Gasteiger charge is -2.14. The van der Waals surface area contributed by atoms with Crippen LogP contribution in [0.3, 0.4) is 0 Å². The molecule has 100 valence electrons. The van der Waals surface area contributed by atoms with Gasteiger partial charge in [0.2, 0.25) is 0 Å². The molecule has 0 N–H and O–H groups in total. The molecule has 0 fully saturated rings. The second kappa shape index (κ2) is 6.44. The van der Waals surface area contributed by atoms with Gasteiger partial charge >= 0.3 is 0 Å². The van der Waals surface area contributed by atoms with Crippen LogP contribution in [0.15, 0.2) is 42.5 Å².